The quantitative estimate of drug-likeness (QED) is 0.502. The lowest BCUT2D eigenvalue weighted by atomic mass is 10.1. The average Bonchev–Trinajstić information content (AvgIpc) is 3.14. The van der Waals surface area contributed by atoms with Crippen molar-refractivity contribution in [3.8, 4) is 0 Å². The molecule has 1 saturated heterocycles. The molecule has 2 aromatic carbocycles. The molecule has 0 bridgehead atoms. The Bertz CT molecular complexity index is 1000. The minimum atomic E-state index is -1.82. The second kappa shape index (κ2) is 10.4. The first-order chi connectivity index (χ1) is 14.4. The molecule has 30 heavy (non-hydrogen) atoms. The van der Waals surface area contributed by atoms with Crippen LogP contribution in [-0.2, 0) is 22.7 Å². The summed E-state index contributed by atoms with van der Waals surface area (Å²) < 4.78 is 1.21. The van der Waals surface area contributed by atoms with Gasteiger partial charge in [-0.15, -0.1) is 0 Å². The van der Waals surface area contributed by atoms with Crippen molar-refractivity contribution in [3.05, 3.63) is 70.3 Å². The summed E-state index contributed by atoms with van der Waals surface area (Å²) >= 11 is 3.66. The zero-order valence-electron chi connectivity index (χ0n) is 16.4. The number of aliphatic carboxylic acids is 2. The molecule has 3 N–H and O–H groups in total. The smallest absolute Gasteiger partial charge is 0.414 e. The summed E-state index contributed by atoms with van der Waals surface area (Å²) in [4.78, 5) is 26.7. The summed E-state index contributed by atoms with van der Waals surface area (Å²) in [6, 6.07) is 17.1. The molecule has 0 spiro atoms. The molecule has 8 heteroatoms. The van der Waals surface area contributed by atoms with E-state index in [1.165, 1.54) is 26.5 Å². The summed E-state index contributed by atoms with van der Waals surface area (Å²) in [5.41, 5.74) is 4.02. The highest BCUT2D eigenvalue weighted by atomic mass is 79.9. The first kappa shape index (κ1) is 22.0. The lowest BCUT2D eigenvalue weighted by molar-refractivity contribution is -0.159. The van der Waals surface area contributed by atoms with Crippen LogP contribution in [0.15, 0.2) is 59.2 Å². The minimum Gasteiger partial charge on any atom is -0.473 e. The zero-order chi connectivity index (χ0) is 21.5. The number of aromatic nitrogens is 1. The average molecular weight is 474 g/mol. The fourth-order valence-corrected chi connectivity index (χ4v) is 3.89. The molecule has 2 heterocycles. The van der Waals surface area contributed by atoms with Gasteiger partial charge in [0.15, 0.2) is 0 Å². The topological polar surface area (TPSA) is 96.9 Å². The predicted octanol–water partition coefficient (Wildman–Crippen LogP) is 3.40. The third-order valence-corrected chi connectivity index (χ3v) is 5.84. The van der Waals surface area contributed by atoms with Crippen LogP contribution in [0.4, 0.5) is 0 Å². The van der Waals surface area contributed by atoms with Crippen LogP contribution < -0.4 is 0 Å². The molecule has 0 atom stereocenters. The van der Waals surface area contributed by atoms with Gasteiger partial charge in [0, 0.05) is 60.8 Å². The normalized spacial score (nSPS) is 14.8. The van der Waals surface area contributed by atoms with Gasteiger partial charge in [-0.05, 0) is 23.3 Å². The minimum absolute atomic E-state index is 1.03. The number of carbonyl (C=O) groups is 2. The Labute approximate surface area is 183 Å². The van der Waals surface area contributed by atoms with Gasteiger partial charge >= 0.3 is 11.9 Å². The van der Waals surface area contributed by atoms with Gasteiger partial charge in [0.1, 0.15) is 0 Å². The van der Waals surface area contributed by atoms with E-state index >= 15 is 0 Å². The van der Waals surface area contributed by atoms with E-state index in [4.69, 9.17) is 19.8 Å². The van der Waals surface area contributed by atoms with E-state index in [1.54, 1.807) is 0 Å². The highest BCUT2D eigenvalue weighted by Crippen LogP contribution is 2.21. The van der Waals surface area contributed by atoms with Gasteiger partial charge in [-0.1, -0.05) is 52.3 Å². The van der Waals surface area contributed by atoms with E-state index in [2.05, 4.69) is 85.4 Å². The predicted molar refractivity (Wildman–Crippen MR) is 118 cm³/mol. The molecular formula is C22H24BrN3O4. The Morgan fingerprint density at radius 2 is 1.37 bits per heavy atom. The van der Waals surface area contributed by atoms with Gasteiger partial charge in [-0.25, -0.2) is 9.59 Å². The van der Waals surface area contributed by atoms with Crippen LogP contribution in [0, 0.1) is 0 Å². The molecule has 0 amide bonds. The number of hydrogen-bond acceptors (Lipinski definition) is 4. The van der Waals surface area contributed by atoms with Crippen molar-refractivity contribution in [3.63, 3.8) is 0 Å². The summed E-state index contributed by atoms with van der Waals surface area (Å²) in [5.74, 6) is -3.65. The maximum absolute atomic E-state index is 9.10. The Balaban J connectivity index is 0.000000377. The maximum Gasteiger partial charge on any atom is 0.414 e. The van der Waals surface area contributed by atoms with E-state index in [-0.39, 0.29) is 0 Å². The second-order valence-corrected chi connectivity index (χ2v) is 7.97. The van der Waals surface area contributed by atoms with Crippen molar-refractivity contribution in [2.75, 3.05) is 26.2 Å². The summed E-state index contributed by atoms with van der Waals surface area (Å²) in [5, 5.41) is 16.1. The number of carboxylic acid groups (broad SMARTS) is 2. The van der Waals surface area contributed by atoms with E-state index in [1.807, 2.05) is 0 Å². The van der Waals surface area contributed by atoms with Gasteiger partial charge in [-0.2, -0.15) is 0 Å². The molecule has 0 aliphatic carbocycles. The number of aromatic amines is 1. The van der Waals surface area contributed by atoms with Crippen molar-refractivity contribution in [1.29, 1.82) is 0 Å². The monoisotopic (exact) mass is 473 g/mol. The molecule has 3 aromatic rings. The number of nitrogens with one attached hydrogen (secondary N) is 1. The largest absolute Gasteiger partial charge is 0.473 e. The molecule has 1 fully saturated rings. The van der Waals surface area contributed by atoms with Crippen LogP contribution >= 0.6 is 15.9 Å². The number of nitrogens with zero attached hydrogens (tertiary/aromatic N) is 2. The number of para-hydroxylation sites is 1. The molecule has 4 rings (SSSR count). The highest BCUT2D eigenvalue weighted by Gasteiger charge is 2.18. The fraction of sp³-hybridized carbons (Fsp3) is 0.273. The van der Waals surface area contributed by atoms with Crippen LogP contribution in [-0.4, -0.2) is 63.1 Å². The van der Waals surface area contributed by atoms with Gasteiger partial charge < -0.3 is 15.2 Å². The van der Waals surface area contributed by atoms with E-state index in [0.29, 0.717) is 0 Å². The Hall–Kier alpha value is -2.68. The van der Waals surface area contributed by atoms with Gasteiger partial charge in [0.25, 0.3) is 0 Å². The van der Waals surface area contributed by atoms with E-state index in [9.17, 15) is 0 Å². The number of halogens is 1. The lowest BCUT2D eigenvalue weighted by Crippen LogP contribution is -2.45. The van der Waals surface area contributed by atoms with Crippen molar-refractivity contribution >= 4 is 38.8 Å². The third-order valence-electron chi connectivity index (χ3n) is 5.07. The Morgan fingerprint density at radius 3 is 1.97 bits per heavy atom. The number of fused-ring (bicyclic) bond motifs is 1. The Kier molecular flexibility index (Phi) is 7.62. The number of H-pyrrole nitrogens is 1. The SMILES string of the molecule is Brc1ccccc1CN1CCN(Cc2c[nH]c3ccccc23)CC1.O=C(O)C(=O)O. The molecule has 1 aliphatic rings. The van der Waals surface area contributed by atoms with Crippen LogP contribution in [0.25, 0.3) is 10.9 Å². The lowest BCUT2D eigenvalue weighted by Gasteiger charge is -2.34. The number of carboxylic acids is 2. The number of benzene rings is 2. The number of piperazine rings is 1. The first-order valence-corrected chi connectivity index (χ1v) is 10.4. The first-order valence-electron chi connectivity index (χ1n) is 9.63. The summed E-state index contributed by atoms with van der Waals surface area (Å²) in [7, 11) is 0. The van der Waals surface area contributed by atoms with Crippen LogP contribution in [0.5, 0.6) is 0 Å². The van der Waals surface area contributed by atoms with E-state index < -0.39 is 11.9 Å². The summed E-state index contributed by atoms with van der Waals surface area (Å²) in [6.07, 6.45) is 2.16. The van der Waals surface area contributed by atoms with Crippen LogP contribution in [0.1, 0.15) is 11.1 Å². The molecule has 158 valence electrons. The number of rotatable bonds is 4. The molecular weight excluding hydrogens is 450 g/mol. The Morgan fingerprint density at radius 1 is 0.833 bits per heavy atom. The molecule has 1 aromatic heterocycles. The second-order valence-electron chi connectivity index (χ2n) is 7.11. The molecule has 1 aliphatic heterocycles. The molecule has 0 unspecified atom stereocenters. The zero-order valence-corrected chi connectivity index (χ0v) is 18.0. The molecule has 0 saturated carbocycles. The van der Waals surface area contributed by atoms with Crippen molar-refractivity contribution in [1.82, 2.24) is 14.8 Å². The molecule has 7 nitrogen and oxygen atoms in total. The maximum atomic E-state index is 9.10. The summed E-state index contributed by atoms with van der Waals surface area (Å²) in [6.45, 7) is 6.58. The highest BCUT2D eigenvalue weighted by molar-refractivity contribution is 9.10. The number of hydrogen-bond donors (Lipinski definition) is 3. The van der Waals surface area contributed by atoms with Gasteiger partial charge in [0.2, 0.25) is 0 Å². The van der Waals surface area contributed by atoms with Crippen LogP contribution in [0.3, 0.4) is 0 Å². The standard InChI is InChI=1S/C20H22BrN3.C2H2O4/c21-19-7-3-1-5-16(19)14-23-9-11-24(12-10-23)15-17-13-22-20-8-4-2-6-18(17)20;3-1(4)2(5)6/h1-8,13,22H,9-12,14-15H2;(H,3,4)(H,5,6). The molecule has 0 radical (unpaired) electrons. The fourth-order valence-electron chi connectivity index (χ4n) is 3.48. The van der Waals surface area contributed by atoms with Crippen molar-refractivity contribution in [2.45, 2.75) is 13.1 Å². The van der Waals surface area contributed by atoms with E-state index in [0.717, 1.165) is 39.3 Å². The van der Waals surface area contributed by atoms with Crippen LogP contribution in [0.2, 0.25) is 0 Å². The third kappa shape index (κ3) is 5.91. The van der Waals surface area contributed by atoms with Gasteiger partial charge in [-0.3, -0.25) is 9.80 Å². The van der Waals surface area contributed by atoms with Crippen molar-refractivity contribution in [2.24, 2.45) is 0 Å². The van der Waals surface area contributed by atoms with Gasteiger partial charge in [0.05, 0.1) is 0 Å². The van der Waals surface area contributed by atoms with Crippen molar-refractivity contribution < 1.29 is 19.8 Å².